The number of ether oxygens (including phenoxy) is 1. The van der Waals surface area contributed by atoms with Crippen LogP contribution in [0.5, 0.6) is 0 Å². The van der Waals surface area contributed by atoms with Crippen molar-refractivity contribution in [3.8, 4) is 0 Å². The molecular formula is C6H8N4O2. The number of hydrogen-bond acceptors (Lipinski definition) is 5. The van der Waals surface area contributed by atoms with E-state index in [0.29, 0.717) is 5.82 Å². The molecule has 0 radical (unpaired) electrons. The second-order valence-corrected chi connectivity index (χ2v) is 2.08. The van der Waals surface area contributed by atoms with E-state index in [1.807, 2.05) is 0 Å². The molecule has 1 rings (SSSR count). The summed E-state index contributed by atoms with van der Waals surface area (Å²) in [6.45, 7) is 5.14. The number of nitrogens with zero attached hydrogens (tertiary/aromatic N) is 4. The quantitative estimate of drug-likeness (QED) is 0.445. The first-order valence-corrected chi connectivity index (χ1v) is 3.19. The first kappa shape index (κ1) is 8.38. The Hall–Kier alpha value is -1.72. The van der Waals surface area contributed by atoms with E-state index < -0.39 is 5.97 Å². The van der Waals surface area contributed by atoms with Crippen LogP contribution >= 0.6 is 0 Å². The van der Waals surface area contributed by atoms with E-state index >= 15 is 0 Å². The fraction of sp³-hybridized carbons (Fsp3) is 0.333. The Labute approximate surface area is 68.8 Å². The van der Waals surface area contributed by atoms with Gasteiger partial charge >= 0.3 is 5.97 Å². The highest BCUT2D eigenvalue weighted by molar-refractivity contribution is 6.08. The zero-order valence-corrected chi connectivity index (χ0v) is 6.81. The van der Waals surface area contributed by atoms with Crippen molar-refractivity contribution in [3.63, 3.8) is 0 Å². The zero-order valence-electron chi connectivity index (χ0n) is 6.81. The number of esters is 1. The van der Waals surface area contributed by atoms with Crippen LogP contribution < -0.4 is 0 Å². The summed E-state index contributed by atoms with van der Waals surface area (Å²) in [7, 11) is 1.27. The number of tetrazole rings is 1. The highest BCUT2D eigenvalue weighted by Gasteiger charge is 2.12. The standard InChI is InChI=1S/C6H8N4O2/c1-4(6(11)12-3)10-5(2)7-8-9-10/h1H2,2-3H3. The van der Waals surface area contributed by atoms with E-state index in [4.69, 9.17) is 0 Å². The lowest BCUT2D eigenvalue weighted by atomic mass is 10.5. The fourth-order valence-electron chi connectivity index (χ4n) is 0.685. The van der Waals surface area contributed by atoms with Gasteiger partial charge in [0.1, 0.15) is 5.70 Å². The molecule has 0 saturated carbocycles. The number of carbonyl (C=O) groups is 1. The molecule has 6 nitrogen and oxygen atoms in total. The fourth-order valence-corrected chi connectivity index (χ4v) is 0.685. The third-order valence-corrected chi connectivity index (χ3v) is 1.30. The Morgan fingerprint density at radius 2 is 2.33 bits per heavy atom. The van der Waals surface area contributed by atoms with Gasteiger partial charge < -0.3 is 4.74 Å². The van der Waals surface area contributed by atoms with Gasteiger partial charge in [-0.3, -0.25) is 0 Å². The molecule has 0 bridgehead atoms. The summed E-state index contributed by atoms with van der Waals surface area (Å²) in [6, 6.07) is 0. The molecule has 0 atom stereocenters. The van der Waals surface area contributed by atoms with E-state index in [-0.39, 0.29) is 5.70 Å². The zero-order chi connectivity index (χ0) is 9.14. The summed E-state index contributed by atoms with van der Waals surface area (Å²) in [5.74, 6) is -0.0594. The Kier molecular flexibility index (Phi) is 2.18. The number of hydrogen-bond donors (Lipinski definition) is 0. The van der Waals surface area contributed by atoms with Gasteiger partial charge in [-0.15, -0.1) is 5.10 Å². The van der Waals surface area contributed by atoms with Crippen molar-refractivity contribution in [2.24, 2.45) is 0 Å². The summed E-state index contributed by atoms with van der Waals surface area (Å²) in [5.41, 5.74) is 0.0972. The number of rotatable bonds is 2. The van der Waals surface area contributed by atoms with Gasteiger partial charge in [0, 0.05) is 0 Å². The van der Waals surface area contributed by atoms with Gasteiger partial charge in [-0.05, 0) is 17.4 Å². The molecule has 0 aromatic carbocycles. The van der Waals surface area contributed by atoms with Crippen LogP contribution in [-0.2, 0) is 9.53 Å². The number of carbonyl (C=O) groups excluding carboxylic acids is 1. The lowest BCUT2D eigenvalue weighted by Gasteiger charge is -2.01. The van der Waals surface area contributed by atoms with Gasteiger partial charge in [-0.1, -0.05) is 6.58 Å². The molecular weight excluding hydrogens is 160 g/mol. The molecule has 1 heterocycles. The molecule has 12 heavy (non-hydrogen) atoms. The van der Waals surface area contributed by atoms with Crippen molar-refractivity contribution in [2.45, 2.75) is 6.92 Å². The highest BCUT2D eigenvalue weighted by atomic mass is 16.5. The van der Waals surface area contributed by atoms with Crippen LogP contribution in [0.25, 0.3) is 5.70 Å². The van der Waals surface area contributed by atoms with Crippen molar-refractivity contribution < 1.29 is 9.53 Å². The van der Waals surface area contributed by atoms with E-state index in [1.165, 1.54) is 11.8 Å². The molecule has 0 aliphatic heterocycles. The molecule has 1 aromatic rings. The minimum absolute atomic E-state index is 0.0972. The minimum atomic E-state index is -0.551. The van der Waals surface area contributed by atoms with Crippen molar-refractivity contribution in [1.82, 2.24) is 20.2 Å². The van der Waals surface area contributed by atoms with Crippen molar-refractivity contribution in [1.29, 1.82) is 0 Å². The Morgan fingerprint density at radius 3 is 2.75 bits per heavy atom. The maximum Gasteiger partial charge on any atom is 0.356 e. The highest BCUT2D eigenvalue weighted by Crippen LogP contribution is 2.02. The Bertz CT molecular complexity index is 317. The van der Waals surface area contributed by atoms with Gasteiger partial charge in [0.05, 0.1) is 7.11 Å². The third-order valence-electron chi connectivity index (χ3n) is 1.30. The van der Waals surface area contributed by atoms with Crippen LogP contribution in [0.2, 0.25) is 0 Å². The van der Waals surface area contributed by atoms with Gasteiger partial charge in [-0.25, -0.2) is 4.79 Å². The lowest BCUT2D eigenvalue weighted by Crippen LogP contribution is -2.11. The normalized spacial score (nSPS) is 9.50. The molecule has 0 N–H and O–H groups in total. The van der Waals surface area contributed by atoms with Crippen LogP contribution in [-0.4, -0.2) is 33.3 Å². The molecule has 0 aliphatic carbocycles. The van der Waals surface area contributed by atoms with Crippen LogP contribution in [0.15, 0.2) is 6.58 Å². The lowest BCUT2D eigenvalue weighted by molar-refractivity contribution is -0.134. The molecule has 1 aromatic heterocycles. The summed E-state index contributed by atoms with van der Waals surface area (Å²) in [5, 5.41) is 10.5. The SMILES string of the molecule is C=C(C(=O)OC)n1nnnc1C. The van der Waals surface area contributed by atoms with E-state index in [2.05, 4.69) is 26.8 Å². The smallest absolute Gasteiger partial charge is 0.356 e. The summed E-state index contributed by atoms with van der Waals surface area (Å²) in [4.78, 5) is 10.9. The molecule has 64 valence electrons. The van der Waals surface area contributed by atoms with E-state index in [9.17, 15) is 4.79 Å². The molecule has 0 fully saturated rings. The van der Waals surface area contributed by atoms with Crippen LogP contribution in [0.3, 0.4) is 0 Å². The minimum Gasteiger partial charge on any atom is -0.464 e. The van der Waals surface area contributed by atoms with Crippen molar-refractivity contribution in [2.75, 3.05) is 7.11 Å². The maximum atomic E-state index is 10.9. The maximum absolute atomic E-state index is 10.9. The Morgan fingerprint density at radius 1 is 1.67 bits per heavy atom. The van der Waals surface area contributed by atoms with Crippen molar-refractivity contribution in [3.05, 3.63) is 12.4 Å². The average Bonchev–Trinajstić information content (AvgIpc) is 2.48. The van der Waals surface area contributed by atoms with E-state index in [0.717, 1.165) is 0 Å². The Balaban J connectivity index is 2.93. The summed E-state index contributed by atoms with van der Waals surface area (Å²) >= 11 is 0. The second-order valence-electron chi connectivity index (χ2n) is 2.08. The van der Waals surface area contributed by atoms with Gasteiger partial charge in [0.15, 0.2) is 5.82 Å². The van der Waals surface area contributed by atoms with Gasteiger partial charge in [-0.2, -0.15) is 4.68 Å². The predicted molar refractivity (Wildman–Crippen MR) is 39.9 cm³/mol. The second kappa shape index (κ2) is 3.12. The first-order valence-electron chi connectivity index (χ1n) is 3.19. The molecule has 6 heteroatoms. The molecule has 0 aliphatic rings. The van der Waals surface area contributed by atoms with Crippen LogP contribution in [0.1, 0.15) is 5.82 Å². The molecule has 0 saturated heterocycles. The topological polar surface area (TPSA) is 69.9 Å². The summed E-state index contributed by atoms with van der Waals surface area (Å²) in [6.07, 6.45) is 0. The van der Waals surface area contributed by atoms with Crippen LogP contribution in [0.4, 0.5) is 0 Å². The number of aryl methyl sites for hydroxylation is 1. The summed E-state index contributed by atoms with van der Waals surface area (Å²) < 4.78 is 5.65. The van der Waals surface area contributed by atoms with Gasteiger partial charge in [0.2, 0.25) is 0 Å². The predicted octanol–water partition coefficient (Wildman–Crippen LogP) is -0.375. The molecule has 0 unspecified atom stereocenters. The monoisotopic (exact) mass is 168 g/mol. The largest absolute Gasteiger partial charge is 0.464 e. The number of methoxy groups -OCH3 is 1. The number of aromatic nitrogens is 4. The van der Waals surface area contributed by atoms with Crippen LogP contribution in [0, 0.1) is 6.92 Å². The molecule has 0 amide bonds. The first-order chi connectivity index (χ1) is 5.66. The average molecular weight is 168 g/mol. The third kappa shape index (κ3) is 1.31. The van der Waals surface area contributed by atoms with Crippen molar-refractivity contribution >= 4 is 11.7 Å². The van der Waals surface area contributed by atoms with Gasteiger partial charge in [0.25, 0.3) is 0 Å². The van der Waals surface area contributed by atoms with E-state index in [1.54, 1.807) is 6.92 Å². The molecule has 0 spiro atoms.